The fourth-order valence-corrected chi connectivity index (χ4v) is 2.67. The number of nitrogens with one attached hydrogen (secondary N) is 1. The molecular formula is C10H7ClN3O3S2. The molecular weight excluding hydrogens is 310 g/mol. The highest BCUT2D eigenvalue weighted by atomic mass is 35.5. The maximum absolute atomic E-state index is 11.8. The number of halogens is 1. The minimum atomic E-state index is -3.43. The normalized spacial score (nSPS) is 11.3. The van der Waals surface area contributed by atoms with E-state index in [9.17, 15) is 13.2 Å². The second-order valence-electron chi connectivity index (χ2n) is 3.52. The molecule has 9 heteroatoms. The van der Waals surface area contributed by atoms with Crippen molar-refractivity contribution in [2.75, 3.05) is 11.6 Å². The molecule has 2 heterocycles. The fraction of sp³-hybridized carbons (Fsp3) is 0.100. The molecule has 0 aromatic carbocycles. The average Bonchev–Trinajstić information content (AvgIpc) is 2.81. The van der Waals surface area contributed by atoms with Gasteiger partial charge in [-0.3, -0.25) is 4.79 Å². The molecule has 1 N–H and O–H groups in total. The quantitative estimate of drug-likeness (QED) is 0.930. The maximum Gasteiger partial charge on any atom is 0.277 e. The highest BCUT2D eigenvalue weighted by Gasteiger charge is 2.17. The molecule has 0 saturated carbocycles. The molecule has 0 bridgehead atoms. The van der Waals surface area contributed by atoms with Gasteiger partial charge in [0.05, 0.1) is 10.4 Å². The van der Waals surface area contributed by atoms with Crippen LogP contribution in [0.4, 0.5) is 5.82 Å². The lowest BCUT2D eigenvalue weighted by Crippen LogP contribution is -2.13. The fourth-order valence-electron chi connectivity index (χ4n) is 1.11. The third kappa shape index (κ3) is 3.49. The summed E-state index contributed by atoms with van der Waals surface area (Å²) < 4.78 is 22.3. The van der Waals surface area contributed by atoms with Gasteiger partial charge in [-0.1, -0.05) is 11.6 Å². The van der Waals surface area contributed by atoms with Crippen LogP contribution in [0.5, 0.6) is 0 Å². The number of aromatic nitrogens is 2. The van der Waals surface area contributed by atoms with E-state index in [1.807, 2.05) is 0 Å². The molecule has 99 valence electrons. The number of rotatable bonds is 3. The number of carbonyl (C=O) groups is 1. The van der Waals surface area contributed by atoms with Gasteiger partial charge in [0.25, 0.3) is 5.91 Å². The third-order valence-corrected chi connectivity index (χ3v) is 4.61. The largest absolute Gasteiger partial charge is 0.305 e. The molecule has 1 radical (unpaired) electrons. The second kappa shape index (κ2) is 5.24. The molecule has 0 aliphatic rings. The molecule has 19 heavy (non-hydrogen) atoms. The van der Waals surface area contributed by atoms with Crippen LogP contribution in [-0.4, -0.2) is 30.5 Å². The minimum Gasteiger partial charge on any atom is -0.305 e. The Morgan fingerprint density at radius 3 is 2.74 bits per heavy atom. The number of pyridine rings is 1. The van der Waals surface area contributed by atoms with Crippen LogP contribution < -0.4 is 5.32 Å². The van der Waals surface area contributed by atoms with E-state index in [1.165, 1.54) is 12.3 Å². The van der Waals surface area contributed by atoms with Crippen LogP contribution in [-0.2, 0) is 9.84 Å². The summed E-state index contributed by atoms with van der Waals surface area (Å²) in [6, 6.07) is 3.08. The van der Waals surface area contributed by atoms with Crippen LogP contribution in [0, 0.1) is 5.38 Å². The number of nitrogens with zero attached hydrogens (tertiary/aromatic N) is 2. The molecule has 0 unspecified atom stereocenters. The van der Waals surface area contributed by atoms with E-state index in [2.05, 4.69) is 20.7 Å². The van der Waals surface area contributed by atoms with E-state index in [0.717, 1.165) is 17.6 Å². The monoisotopic (exact) mass is 316 g/mol. The van der Waals surface area contributed by atoms with Crippen molar-refractivity contribution < 1.29 is 13.2 Å². The summed E-state index contributed by atoms with van der Waals surface area (Å²) in [4.78, 5) is 19.4. The van der Waals surface area contributed by atoms with Gasteiger partial charge in [0.2, 0.25) is 14.2 Å². The topological polar surface area (TPSA) is 89.0 Å². The second-order valence-corrected chi connectivity index (χ2v) is 6.94. The van der Waals surface area contributed by atoms with Crippen molar-refractivity contribution in [1.82, 2.24) is 9.97 Å². The summed E-state index contributed by atoms with van der Waals surface area (Å²) in [6.07, 6.45) is 2.39. The summed E-state index contributed by atoms with van der Waals surface area (Å²) in [5.41, 5.74) is -0.0952. The Morgan fingerprint density at radius 2 is 2.21 bits per heavy atom. The molecule has 0 aliphatic carbocycles. The summed E-state index contributed by atoms with van der Waals surface area (Å²) in [7, 11) is -3.43. The first-order valence-electron chi connectivity index (χ1n) is 4.88. The summed E-state index contributed by atoms with van der Waals surface area (Å²) in [5, 5.41) is 5.43. The maximum atomic E-state index is 11.8. The highest BCUT2D eigenvalue weighted by molar-refractivity contribution is 7.92. The van der Waals surface area contributed by atoms with Crippen molar-refractivity contribution in [3.8, 4) is 0 Å². The molecule has 0 fully saturated rings. The van der Waals surface area contributed by atoms with E-state index >= 15 is 0 Å². The van der Waals surface area contributed by atoms with Crippen LogP contribution in [0.2, 0.25) is 5.02 Å². The van der Waals surface area contributed by atoms with Crippen LogP contribution >= 0.6 is 22.9 Å². The van der Waals surface area contributed by atoms with Gasteiger partial charge in [-0.25, -0.2) is 18.4 Å². The van der Waals surface area contributed by atoms with Crippen molar-refractivity contribution in [3.05, 3.63) is 34.4 Å². The summed E-state index contributed by atoms with van der Waals surface area (Å²) in [5.74, 6) is -0.294. The van der Waals surface area contributed by atoms with Gasteiger partial charge in [0.15, 0.2) is 0 Å². The average molecular weight is 317 g/mol. The number of sulfone groups is 1. The lowest BCUT2D eigenvalue weighted by molar-refractivity contribution is 0.102. The zero-order valence-electron chi connectivity index (χ0n) is 9.55. The Morgan fingerprint density at radius 1 is 1.47 bits per heavy atom. The van der Waals surface area contributed by atoms with Crippen molar-refractivity contribution in [1.29, 1.82) is 0 Å². The first kappa shape index (κ1) is 13.9. The molecule has 0 spiro atoms. The van der Waals surface area contributed by atoms with E-state index in [0.29, 0.717) is 5.02 Å². The lowest BCUT2D eigenvalue weighted by Gasteiger charge is -2.01. The van der Waals surface area contributed by atoms with Gasteiger partial charge in [-0.15, -0.1) is 11.3 Å². The number of thiazole rings is 1. The Hall–Kier alpha value is -1.51. The SMILES string of the molecule is CS(=O)(=O)c1nc(C(=O)Nc2ccc(Cl)cn2)[c]s1. The van der Waals surface area contributed by atoms with Crippen LogP contribution in [0.1, 0.15) is 10.5 Å². The Labute approximate surface area is 118 Å². The lowest BCUT2D eigenvalue weighted by atomic mass is 10.4. The first-order chi connectivity index (χ1) is 8.86. The van der Waals surface area contributed by atoms with Crippen LogP contribution in [0.15, 0.2) is 22.7 Å². The van der Waals surface area contributed by atoms with Gasteiger partial charge in [0.1, 0.15) is 11.5 Å². The number of anilines is 1. The Balaban J connectivity index is 2.16. The van der Waals surface area contributed by atoms with Crippen molar-refractivity contribution in [2.45, 2.75) is 4.34 Å². The van der Waals surface area contributed by atoms with E-state index in [4.69, 9.17) is 11.6 Å². The summed E-state index contributed by atoms with van der Waals surface area (Å²) in [6.45, 7) is 0. The smallest absolute Gasteiger partial charge is 0.277 e. The molecule has 2 aromatic rings. The number of carbonyl (C=O) groups excluding carboxylic acids is 1. The zero-order chi connectivity index (χ0) is 14.0. The molecule has 2 rings (SSSR count). The van der Waals surface area contributed by atoms with Gasteiger partial charge in [-0.2, -0.15) is 0 Å². The van der Waals surface area contributed by atoms with E-state index in [1.54, 1.807) is 6.07 Å². The molecule has 0 atom stereocenters. The number of amides is 1. The van der Waals surface area contributed by atoms with E-state index < -0.39 is 15.7 Å². The Bertz CT molecular complexity index is 710. The van der Waals surface area contributed by atoms with Crippen molar-refractivity contribution in [3.63, 3.8) is 0 Å². The molecule has 0 saturated heterocycles. The van der Waals surface area contributed by atoms with Crippen LogP contribution in [0.3, 0.4) is 0 Å². The standard InChI is InChI=1S/C10H7ClN3O3S2/c1-19(16,17)10-13-7(5-18-10)9(15)14-8-3-2-6(11)4-12-8/h2-4H,1H3,(H,12,14,15). The van der Waals surface area contributed by atoms with Crippen LogP contribution in [0.25, 0.3) is 0 Å². The minimum absolute atomic E-state index is 0.0952. The molecule has 0 aliphatic heterocycles. The predicted molar refractivity (Wildman–Crippen MR) is 71.3 cm³/mol. The van der Waals surface area contributed by atoms with Gasteiger partial charge in [-0.05, 0) is 12.1 Å². The number of hydrogen-bond donors (Lipinski definition) is 1. The van der Waals surface area contributed by atoms with Gasteiger partial charge >= 0.3 is 0 Å². The molecule has 6 nitrogen and oxygen atoms in total. The zero-order valence-corrected chi connectivity index (χ0v) is 11.9. The van der Waals surface area contributed by atoms with Crippen molar-refractivity contribution in [2.24, 2.45) is 0 Å². The summed E-state index contributed by atoms with van der Waals surface area (Å²) >= 11 is 6.43. The van der Waals surface area contributed by atoms with Gasteiger partial charge < -0.3 is 5.32 Å². The van der Waals surface area contributed by atoms with Crippen molar-refractivity contribution >= 4 is 44.5 Å². The Kier molecular flexibility index (Phi) is 3.83. The highest BCUT2D eigenvalue weighted by Crippen LogP contribution is 2.16. The van der Waals surface area contributed by atoms with E-state index in [-0.39, 0.29) is 15.9 Å². The predicted octanol–water partition coefficient (Wildman–Crippen LogP) is 1.65. The third-order valence-electron chi connectivity index (χ3n) is 1.94. The number of hydrogen-bond acceptors (Lipinski definition) is 6. The first-order valence-corrected chi connectivity index (χ1v) is 7.96. The molecule has 1 amide bonds. The molecule has 2 aromatic heterocycles. The van der Waals surface area contributed by atoms with Gasteiger partial charge in [0, 0.05) is 12.5 Å².